The quantitative estimate of drug-likeness (QED) is 0.773. The SMILES string of the molecule is O=C(NC1C2CCCC3(C2)CC1C3)N1CCCC2(Cc3ccccc3C2O)C1. The summed E-state index contributed by atoms with van der Waals surface area (Å²) in [5.74, 6) is 1.41. The van der Waals surface area contributed by atoms with Crippen molar-refractivity contribution < 1.29 is 9.90 Å². The number of carbonyl (C=O) groups excluding carboxylic acids is 1. The number of urea groups is 1. The van der Waals surface area contributed by atoms with Crippen LogP contribution < -0.4 is 5.32 Å². The zero-order chi connectivity index (χ0) is 18.9. The highest BCUT2D eigenvalue weighted by molar-refractivity contribution is 5.75. The molecular formula is C24H32N2O2. The highest BCUT2D eigenvalue weighted by atomic mass is 16.3. The number of carbonyl (C=O) groups is 1. The van der Waals surface area contributed by atoms with Gasteiger partial charge in [0.25, 0.3) is 0 Å². The average Bonchev–Trinajstić information content (AvgIpc) is 2.95. The molecule has 2 N–H and O–H groups in total. The third-order valence-electron chi connectivity index (χ3n) is 9.04. The molecule has 2 spiro atoms. The number of piperidine rings is 1. The molecule has 4 atom stereocenters. The van der Waals surface area contributed by atoms with Crippen LogP contribution >= 0.6 is 0 Å². The van der Waals surface area contributed by atoms with Gasteiger partial charge in [0.05, 0.1) is 6.10 Å². The summed E-state index contributed by atoms with van der Waals surface area (Å²) in [5.41, 5.74) is 2.80. The second-order valence-corrected chi connectivity index (χ2v) is 10.7. The van der Waals surface area contributed by atoms with E-state index < -0.39 is 6.10 Å². The van der Waals surface area contributed by atoms with Gasteiger partial charge in [-0.25, -0.2) is 4.79 Å². The number of amides is 2. The van der Waals surface area contributed by atoms with E-state index in [4.69, 9.17) is 0 Å². The number of fused-ring (bicyclic) bond motifs is 1. The van der Waals surface area contributed by atoms with Gasteiger partial charge in [0.1, 0.15) is 0 Å². The van der Waals surface area contributed by atoms with Crippen LogP contribution in [0.5, 0.6) is 0 Å². The van der Waals surface area contributed by atoms with E-state index in [1.807, 2.05) is 11.0 Å². The van der Waals surface area contributed by atoms with Crippen molar-refractivity contribution in [3.63, 3.8) is 0 Å². The lowest BCUT2D eigenvalue weighted by Crippen LogP contribution is -2.63. The minimum Gasteiger partial charge on any atom is -0.388 e. The second-order valence-electron chi connectivity index (χ2n) is 10.7. The summed E-state index contributed by atoms with van der Waals surface area (Å²) in [6.45, 7) is 1.50. The number of likely N-dealkylation sites (tertiary alicyclic amines) is 1. The van der Waals surface area contributed by atoms with E-state index >= 15 is 0 Å². The van der Waals surface area contributed by atoms with Crippen molar-refractivity contribution in [2.24, 2.45) is 22.7 Å². The maximum Gasteiger partial charge on any atom is 0.317 e. The third-order valence-corrected chi connectivity index (χ3v) is 9.04. The van der Waals surface area contributed by atoms with Gasteiger partial charge >= 0.3 is 6.03 Å². The van der Waals surface area contributed by atoms with Crippen molar-refractivity contribution in [3.05, 3.63) is 35.4 Å². The Morgan fingerprint density at radius 2 is 1.93 bits per heavy atom. The number of hydrogen-bond donors (Lipinski definition) is 2. The van der Waals surface area contributed by atoms with Crippen molar-refractivity contribution in [2.45, 2.75) is 69.9 Å². The van der Waals surface area contributed by atoms with Crippen LogP contribution in [-0.2, 0) is 6.42 Å². The maximum absolute atomic E-state index is 13.2. The lowest BCUT2D eigenvalue weighted by molar-refractivity contribution is -0.0953. The van der Waals surface area contributed by atoms with Crippen LogP contribution in [0.1, 0.15) is 68.6 Å². The summed E-state index contributed by atoms with van der Waals surface area (Å²) < 4.78 is 0. The molecule has 1 aliphatic heterocycles. The topological polar surface area (TPSA) is 52.6 Å². The minimum atomic E-state index is -0.445. The van der Waals surface area contributed by atoms with Gasteiger partial charge in [-0.1, -0.05) is 30.7 Å². The van der Waals surface area contributed by atoms with Crippen LogP contribution in [0.2, 0.25) is 0 Å². The molecule has 0 radical (unpaired) electrons. The standard InChI is InChI=1S/C24H32N2O2/c27-21-19-7-2-1-5-16(19)14-24(21)9-4-10-26(15-24)22(28)25-20-17-6-3-8-23(11-17)12-18(20)13-23/h1-2,5,7,17-18,20-21,27H,3-4,6,8-15H2,(H,25,28). The molecule has 28 heavy (non-hydrogen) atoms. The highest BCUT2D eigenvalue weighted by Gasteiger charge is 2.57. The number of aliphatic hydroxyl groups is 1. The lowest BCUT2D eigenvalue weighted by atomic mass is 9.45. The van der Waals surface area contributed by atoms with Gasteiger partial charge in [-0.15, -0.1) is 0 Å². The summed E-state index contributed by atoms with van der Waals surface area (Å²) >= 11 is 0. The molecule has 2 amide bonds. The fourth-order valence-electron chi connectivity index (χ4n) is 7.81. The Morgan fingerprint density at radius 3 is 2.79 bits per heavy atom. The van der Waals surface area contributed by atoms with Gasteiger partial charge < -0.3 is 15.3 Å². The van der Waals surface area contributed by atoms with Crippen molar-refractivity contribution in [1.29, 1.82) is 0 Å². The van der Waals surface area contributed by atoms with E-state index in [-0.39, 0.29) is 11.4 Å². The first-order valence-corrected chi connectivity index (χ1v) is 11.4. The molecule has 5 fully saturated rings. The number of hydrogen-bond acceptors (Lipinski definition) is 2. The maximum atomic E-state index is 13.2. The first-order valence-electron chi connectivity index (χ1n) is 11.4. The van der Waals surface area contributed by atoms with Crippen LogP contribution in [0.3, 0.4) is 0 Å². The second kappa shape index (κ2) is 5.98. The molecule has 1 saturated heterocycles. The molecule has 4 saturated carbocycles. The molecule has 5 aliphatic carbocycles. The van der Waals surface area contributed by atoms with Gasteiger partial charge in [-0.2, -0.15) is 0 Å². The zero-order valence-corrected chi connectivity index (χ0v) is 16.7. The molecule has 1 heterocycles. The van der Waals surface area contributed by atoms with Crippen LogP contribution in [0.4, 0.5) is 4.79 Å². The molecule has 7 rings (SSSR count). The number of aliphatic hydroxyl groups excluding tert-OH is 1. The van der Waals surface area contributed by atoms with Gasteiger partial charge in [-0.05, 0) is 79.7 Å². The van der Waals surface area contributed by atoms with Gasteiger partial charge in [0.2, 0.25) is 0 Å². The normalized spacial score (nSPS) is 43.4. The molecule has 3 bridgehead atoms. The molecule has 0 aromatic heterocycles. The summed E-state index contributed by atoms with van der Waals surface area (Å²) in [6.07, 6.45) is 10.5. The highest BCUT2D eigenvalue weighted by Crippen LogP contribution is 2.63. The van der Waals surface area contributed by atoms with Crippen molar-refractivity contribution in [3.8, 4) is 0 Å². The van der Waals surface area contributed by atoms with Gasteiger partial charge in [0.15, 0.2) is 0 Å². The Morgan fingerprint density at radius 1 is 1.11 bits per heavy atom. The van der Waals surface area contributed by atoms with Crippen molar-refractivity contribution in [1.82, 2.24) is 10.2 Å². The molecule has 1 aromatic rings. The number of nitrogens with zero attached hydrogens (tertiary/aromatic N) is 1. The summed E-state index contributed by atoms with van der Waals surface area (Å²) in [7, 11) is 0. The van der Waals surface area contributed by atoms with Crippen LogP contribution in [0, 0.1) is 22.7 Å². The predicted molar refractivity (Wildman–Crippen MR) is 108 cm³/mol. The monoisotopic (exact) mass is 380 g/mol. The minimum absolute atomic E-state index is 0.122. The summed E-state index contributed by atoms with van der Waals surface area (Å²) in [5, 5.41) is 14.6. The third kappa shape index (κ3) is 2.43. The molecule has 6 aliphatic rings. The van der Waals surface area contributed by atoms with Crippen molar-refractivity contribution in [2.75, 3.05) is 13.1 Å². The Hall–Kier alpha value is -1.55. The Kier molecular flexibility index (Phi) is 3.70. The first kappa shape index (κ1) is 17.3. The molecule has 4 unspecified atom stereocenters. The van der Waals surface area contributed by atoms with Crippen LogP contribution in [0.15, 0.2) is 24.3 Å². The summed E-state index contributed by atoms with van der Waals surface area (Å²) in [6, 6.07) is 8.78. The van der Waals surface area contributed by atoms with E-state index in [1.54, 1.807) is 0 Å². The lowest BCUT2D eigenvalue weighted by Gasteiger charge is -2.62. The van der Waals surface area contributed by atoms with Crippen LogP contribution in [-0.4, -0.2) is 35.2 Å². The van der Waals surface area contributed by atoms with Crippen molar-refractivity contribution >= 4 is 6.03 Å². The molecule has 4 heteroatoms. The Labute approximate surface area is 167 Å². The molecule has 150 valence electrons. The van der Waals surface area contributed by atoms with E-state index in [0.717, 1.165) is 31.4 Å². The van der Waals surface area contributed by atoms with Gasteiger partial charge in [0, 0.05) is 24.5 Å². The predicted octanol–water partition coefficient (Wildman–Crippen LogP) is 4.04. The zero-order valence-electron chi connectivity index (χ0n) is 16.7. The molecular weight excluding hydrogens is 348 g/mol. The van der Waals surface area contributed by atoms with E-state index in [2.05, 4.69) is 23.5 Å². The number of benzene rings is 1. The summed E-state index contributed by atoms with van der Waals surface area (Å²) in [4.78, 5) is 15.3. The van der Waals surface area contributed by atoms with Gasteiger partial charge in [-0.3, -0.25) is 0 Å². The van der Waals surface area contributed by atoms with E-state index in [1.165, 1.54) is 44.1 Å². The van der Waals surface area contributed by atoms with E-state index in [9.17, 15) is 9.90 Å². The number of rotatable bonds is 1. The fourth-order valence-corrected chi connectivity index (χ4v) is 7.81. The Balaban J connectivity index is 1.17. The first-order chi connectivity index (χ1) is 13.6. The van der Waals surface area contributed by atoms with E-state index in [0.29, 0.717) is 29.8 Å². The van der Waals surface area contributed by atoms with Crippen LogP contribution in [0.25, 0.3) is 0 Å². The smallest absolute Gasteiger partial charge is 0.317 e. The molecule has 4 nitrogen and oxygen atoms in total. The fraction of sp³-hybridized carbons (Fsp3) is 0.708. The average molecular weight is 381 g/mol. The Bertz CT molecular complexity index is 802. The molecule has 1 aromatic carbocycles. The number of nitrogens with one attached hydrogen (secondary N) is 1. The largest absolute Gasteiger partial charge is 0.388 e.